The zero-order valence-electron chi connectivity index (χ0n) is 11.5. The zero-order valence-corrected chi connectivity index (χ0v) is 11.5. The van der Waals surface area contributed by atoms with E-state index in [0.717, 1.165) is 12.8 Å². The highest BCUT2D eigenvalue weighted by atomic mass is 16.7. The van der Waals surface area contributed by atoms with Crippen molar-refractivity contribution >= 4 is 17.8 Å². The molecule has 0 saturated heterocycles. The summed E-state index contributed by atoms with van der Waals surface area (Å²) in [5.74, 6) is 0.729. The van der Waals surface area contributed by atoms with E-state index in [1.54, 1.807) is 12.1 Å². The van der Waals surface area contributed by atoms with Crippen LogP contribution < -0.4 is 0 Å². The molecule has 1 aliphatic rings. The van der Waals surface area contributed by atoms with Crippen LogP contribution in [0.15, 0.2) is 24.3 Å². The number of carbonyl (C=O) groups is 3. The lowest BCUT2D eigenvalue weighted by molar-refractivity contribution is -0.168. The summed E-state index contributed by atoms with van der Waals surface area (Å²) in [5, 5.41) is 0.536. The van der Waals surface area contributed by atoms with Crippen LogP contribution in [0, 0.1) is 12.3 Å². The molecule has 0 bridgehead atoms. The van der Waals surface area contributed by atoms with Gasteiger partial charge in [0.15, 0.2) is 0 Å². The number of fused-ring (bicyclic) bond motifs is 1. The fourth-order valence-electron chi connectivity index (χ4n) is 2.07. The van der Waals surface area contributed by atoms with Crippen LogP contribution in [-0.4, -0.2) is 22.8 Å². The van der Waals surface area contributed by atoms with Crippen LogP contribution in [-0.2, 0) is 9.63 Å². The maximum absolute atomic E-state index is 12.0. The Hall–Kier alpha value is -2.61. The minimum atomic E-state index is -0.601. The maximum atomic E-state index is 12.0. The molecule has 5 nitrogen and oxygen atoms in total. The molecule has 1 aromatic carbocycles. The lowest BCUT2D eigenvalue weighted by Gasteiger charge is -2.12. The minimum Gasteiger partial charge on any atom is -0.330 e. The van der Waals surface area contributed by atoms with Gasteiger partial charge in [0.05, 0.1) is 11.1 Å². The molecule has 0 radical (unpaired) electrons. The zero-order chi connectivity index (χ0) is 15.2. The fraction of sp³-hybridized carbons (Fsp3) is 0.312. The first-order valence-electron chi connectivity index (χ1n) is 6.77. The van der Waals surface area contributed by atoms with Gasteiger partial charge < -0.3 is 4.84 Å². The monoisotopic (exact) mass is 285 g/mol. The third kappa shape index (κ3) is 3.29. The van der Waals surface area contributed by atoms with Crippen LogP contribution in [0.5, 0.6) is 0 Å². The summed E-state index contributed by atoms with van der Waals surface area (Å²) in [6.07, 6.45) is 8.22. The smallest absolute Gasteiger partial charge is 0.330 e. The number of carbonyl (C=O) groups excluding carboxylic acids is 3. The van der Waals surface area contributed by atoms with Crippen molar-refractivity contribution in [3.63, 3.8) is 0 Å². The van der Waals surface area contributed by atoms with Gasteiger partial charge >= 0.3 is 5.97 Å². The van der Waals surface area contributed by atoms with Crippen LogP contribution in [0.4, 0.5) is 0 Å². The minimum absolute atomic E-state index is 0.151. The normalized spacial score (nSPS) is 13.0. The molecule has 0 aliphatic carbocycles. The summed E-state index contributed by atoms with van der Waals surface area (Å²) >= 11 is 0. The van der Waals surface area contributed by atoms with E-state index in [9.17, 15) is 14.4 Å². The van der Waals surface area contributed by atoms with Crippen LogP contribution >= 0.6 is 0 Å². The Bertz CT molecular complexity index is 580. The van der Waals surface area contributed by atoms with Gasteiger partial charge in [-0.2, -0.15) is 0 Å². The number of imide groups is 1. The number of rotatable bonds is 6. The molecule has 0 unspecified atom stereocenters. The van der Waals surface area contributed by atoms with E-state index in [1.165, 1.54) is 12.1 Å². The molecule has 0 N–H and O–H groups in total. The van der Waals surface area contributed by atoms with Crippen LogP contribution in [0.3, 0.4) is 0 Å². The standard InChI is InChI=1S/C16H15NO4/c1-2-3-4-5-6-11-14(18)21-17-15(19)12-9-7-8-10-13(12)16(17)20/h1,7-10H,3-6,11H2. The van der Waals surface area contributed by atoms with Gasteiger partial charge in [0.2, 0.25) is 0 Å². The Morgan fingerprint density at radius 1 is 1.10 bits per heavy atom. The molecule has 0 atom stereocenters. The second-order valence-corrected chi connectivity index (χ2v) is 4.68. The first kappa shape index (κ1) is 14.8. The van der Waals surface area contributed by atoms with Crippen molar-refractivity contribution in [1.82, 2.24) is 5.06 Å². The van der Waals surface area contributed by atoms with Gasteiger partial charge in [-0.25, -0.2) is 4.79 Å². The molecule has 1 aromatic rings. The van der Waals surface area contributed by atoms with Gasteiger partial charge in [-0.15, -0.1) is 12.3 Å². The largest absolute Gasteiger partial charge is 0.333 e. The Kier molecular flexibility index (Phi) is 4.72. The maximum Gasteiger partial charge on any atom is 0.333 e. The number of nitrogens with zero attached hydrogens (tertiary/aromatic N) is 1. The average Bonchev–Trinajstić information content (AvgIpc) is 2.73. The summed E-state index contributed by atoms with van der Waals surface area (Å²) in [6, 6.07) is 6.37. The highest BCUT2D eigenvalue weighted by molar-refractivity contribution is 6.20. The van der Waals surface area contributed by atoms with Crippen molar-refractivity contribution in [1.29, 1.82) is 0 Å². The number of unbranched alkanes of at least 4 members (excludes halogenated alkanes) is 3. The van der Waals surface area contributed by atoms with Crippen LogP contribution in [0.25, 0.3) is 0 Å². The third-order valence-corrected chi connectivity index (χ3v) is 3.15. The first-order valence-corrected chi connectivity index (χ1v) is 6.77. The Morgan fingerprint density at radius 2 is 1.71 bits per heavy atom. The predicted octanol–water partition coefficient (Wildman–Crippen LogP) is 2.32. The quantitative estimate of drug-likeness (QED) is 0.457. The van der Waals surface area contributed by atoms with Gasteiger partial charge in [-0.1, -0.05) is 23.6 Å². The van der Waals surface area contributed by atoms with Crippen molar-refractivity contribution < 1.29 is 19.2 Å². The van der Waals surface area contributed by atoms with Gasteiger partial charge in [0.1, 0.15) is 0 Å². The molecule has 5 heteroatoms. The van der Waals surface area contributed by atoms with E-state index >= 15 is 0 Å². The molecule has 21 heavy (non-hydrogen) atoms. The predicted molar refractivity (Wildman–Crippen MR) is 75.0 cm³/mol. The van der Waals surface area contributed by atoms with E-state index in [4.69, 9.17) is 11.3 Å². The number of hydroxylamine groups is 2. The Labute approximate surface area is 122 Å². The van der Waals surface area contributed by atoms with Crippen molar-refractivity contribution in [3.8, 4) is 12.3 Å². The molecule has 1 aliphatic heterocycles. The molecular formula is C16H15NO4. The SMILES string of the molecule is C#CCCCCCC(=O)ON1C(=O)c2ccccc2C1=O. The number of hydrogen-bond acceptors (Lipinski definition) is 4. The third-order valence-electron chi connectivity index (χ3n) is 3.15. The second-order valence-electron chi connectivity index (χ2n) is 4.68. The van der Waals surface area contributed by atoms with Crippen molar-refractivity contribution in [2.75, 3.05) is 0 Å². The van der Waals surface area contributed by atoms with E-state index in [0.29, 0.717) is 17.9 Å². The average molecular weight is 285 g/mol. The first-order chi connectivity index (χ1) is 10.1. The lowest BCUT2D eigenvalue weighted by atomic mass is 10.1. The van der Waals surface area contributed by atoms with E-state index in [-0.39, 0.29) is 17.5 Å². The van der Waals surface area contributed by atoms with Gasteiger partial charge in [0, 0.05) is 12.8 Å². The molecule has 108 valence electrons. The summed E-state index contributed by atoms with van der Waals surface area (Å²) in [6.45, 7) is 0. The van der Waals surface area contributed by atoms with Crippen molar-refractivity contribution in [2.24, 2.45) is 0 Å². The Balaban J connectivity index is 1.87. The van der Waals surface area contributed by atoms with Gasteiger partial charge in [-0.3, -0.25) is 9.59 Å². The molecule has 2 amide bonds. The molecule has 0 aromatic heterocycles. The molecule has 2 rings (SSSR count). The molecular weight excluding hydrogens is 270 g/mol. The molecule has 0 fully saturated rings. The van der Waals surface area contributed by atoms with E-state index < -0.39 is 17.8 Å². The lowest BCUT2D eigenvalue weighted by Crippen LogP contribution is -2.32. The highest BCUT2D eigenvalue weighted by Gasteiger charge is 2.38. The summed E-state index contributed by atoms with van der Waals surface area (Å²) in [4.78, 5) is 40.5. The number of hydrogen-bond donors (Lipinski definition) is 0. The topological polar surface area (TPSA) is 63.7 Å². The van der Waals surface area contributed by atoms with E-state index in [2.05, 4.69) is 5.92 Å². The summed E-state index contributed by atoms with van der Waals surface area (Å²) in [5.41, 5.74) is 0.508. The number of benzene rings is 1. The van der Waals surface area contributed by atoms with Crippen molar-refractivity contribution in [2.45, 2.75) is 32.1 Å². The highest BCUT2D eigenvalue weighted by Crippen LogP contribution is 2.23. The summed E-state index contributed by atoms with van der Waals surface area (Å²) < 4.78 is 0. The molecule has 0 spiro atoms. The Morgan fingerprint density at radius 3 is 2.29 bits per heavy atom. The molecule has 0 saturated carbocycles. The number of terminal acetylenes is 1. The summed E-state index contributed by atoms with van der Waals surface area (Å²) in [7, 11) is 0. The van der Waals surface area contributed by atoms with Crippen molar-refractivity contribution in [3.05, 3.63) is 35.4 Å². The second kappa shape index (κ2) is 6.71. The van der Waals surface area contributed by atoms with Gasteiger partial charge in [-0.05, 0) is 25.0 Å². The van der Waals surface area contributed by atoms with Crippen LogP contribution in [0.2, 0.25) is 0 Å². The number of amides is 2. The van der Waals surface area contributed by atoms with Gasteiger partial charge in [0.25, 0.3) is 11.8 Å². The van der Waals surface area contributed by atoms with E-state index in [1.807, 2.05) is 0 Å². The fourth-order valence-corrected chi connectivity index (χ4v) is 2.07. The molecule has 1 heterocycles. The van der Waals surface area contributed by atoms with Crippen LogP contribution in [0.1, 0.15) is 52.8 Å².